The van der Waals surface area contributed by atoms with Gasteiger partial charge in [-0.15, -0.1) is 11.3 Å². The Balaban J connectivity index is 1.81. The summed E-state index contributed by atoms with van der Waals surface area (Å²) in [4.78, 5) is 13.4. The lowest BCUT2D eigenvalue weighted by Gasteiger charge is -2.30. The third-order valence-electron chi connectivity index (χ3n) is 3.90. The van der Waals surface area contributed by atoms with Crippen molar-refractivity contribution in [2.24, 2.45) is 0 Å². The van der Waals surface area contributed by atoms with Gasteiger partial charge in [-0.05, 0) is 42.1 Å². The highest BCUT2D eigenvalue weighted by Gasteiger charge is 2.20. The molecule has 0 atom stereocenters. The molecule has 1 aliphatic rings. The maximum absolute atomic E-state index is 6.11. The Morgan fingerprint density at radius 2 is 2.00 bits per heavy atom. The first kappa shape index (κ1) is 13.0. The second-order valence-corrected chi connectivity index (χ2v) is 6.91. The predicted octanol–water partition coefficient (Wildman–Crippen LogP) is 4.22. The number of hydrogen-bond acceptors (Lipinski definition) is 4. The Bertz CT molecular complexity index is 828. The van der Waals surface area contributed by atoms with E-state index in [1.807, 2.05) is 0 Å². The van der Waals surface area contributed by atoms with Gasteiger partial charge in [-0.2, -0.15) is 4.98 Å². The van der Waals surface area contributed by atoms with E-state index in [-0.39, 0.29) is 0 Å². The maximum Gasteiger partial charge on any atom is 0.225 e. The number of aryl methyl sites for hydroxylation is 1. The van der Waals surface area contributed by atoms with Gasteiger partial charge in [-0.3, -0.25) is 0 Å². The van der Waals surface area contributed by atoms with Crippen LogP contribution >= 0.6 is 22.9 Å². The van der Waals surface area contributed by atoms with Crippen molar-refractivity contribution in [1.29, 1.82) is 0 Å². The third-order valence-corrected chi connectivity index (χ3v) is 5.01. The molecule has 0 fully saturated rings. The van der Waals surface area contributed by atoms with E-state index < -0.39 is 0 Å². The SMILES string of the molecule is Cc1cc2c(N3CCc4ccccc4C3)nc(Cl)nc2s1. The summed E-state index contributed by atoms with van der Waals surface area (Å²) < 4.78 is 0. The lowest BCUT2D eigenvalue weighted by atomic mass is 10.00. The van der Waals surface area contributed by atoms with E-state index in [0.717, 1.165) is 35.5 Å². The van der Waals surface area contributed by atoms with Crippen LogP contribution in [0.25, 0.3) is 10.2 Å². The number of fused-ring (bicyclic) bond motifs is 2. The molecule has 4 rings (SSSR count). The van der Waals surface area contributed by atoms with Crippen molar-refractivity contribution >= 4 is 39.0 Å². The lowest BCUT2D eigenvalue weighted by molar-refractivity contribution is 0.723. The molecule has 0 bridgehead atoms. The molecular weight excluding hydrogens is 302 g/mol. The van der Waals surface area contributed by atoms with Crippen molar-refractivity contribution in [2.45, 2.75) is 19.9 Å². The number of rotatable bonds is 1. The van der Waals surface area contributed by atoms with Gasteiger partial charge in [0, 0.05) is 18.0 Å². The molecule has 2 aromatic heterocycles. The highest BCUT2D eigenvalue weighted by atomic mass is 35.5. The molecule has 21 heavy (non-hydrogen) atoms. The van der Waals surface area contributed by atoms with Gasteiger partial charge in [-0.1, -0.05) is 24.3 Å². The van der Waals surface area contributed by atoms with Crippen molar-refractivity contribution in [3.63, 3.8) is 0 Å². The summed E-state index contributed by atoms with van der Waals surface area (Å²) in [5.41, 5.74) is 2.81. The fourth-order valence-corrected chi connectivity index (χ4v) is 4.01. The highest BCUT2D eigenvalue weighted by Crippen LogP contribution is 2.33. The van der Waals surface area contributed by atoms with Crippen molar-refractivity contribution in [2.75, 3.05) is 11.4 Å². The molecule has 0 N–H and O–H groups in total. The number of nitrogens with zero attached hydrogens (tertiary/aromatic N) is 3. The Labute approximate surface area is 132 Å². The van der Waals surface area contributed by atoms with Gasteiger partial charge in [-0.25, -0.2) is 4.98 Å². The largest absolute Gasteiger partial charge is 0.351 e. The molecule has 106 valence electrons. The van der Waals surface area contributed by atoms with Crippen LogP contribution in [0.15, 0.2) is 30.3 Å². The average molecular weight is 316 g/mol. The van der Waals surface area contributed by atoms with Crippen molar-refractivity contribution in [1.82, 2.24) is 9.97 Å². The monoisotopic (exact) mass is 315 g/mol. The van der Waals surface area contributed by atoms with Crippen molar-refractivity contribution < 1.29 is 0 Å². The van der Waals surface area contributed by atoms with Gasteiger partial charge in [0.2, 0.25) is 5.28 Å². The number of anilines is 1. The molecule has 0 saturated carbocycles. The topological polar surface area (TPSA) is 29.0 Å². The molecule has 0 amide bonds. The number of benzene rings is 1. The zero-order valence-corrected chi connectivity index (χ0v) is 13.2. The molecule has 3 aromatic rings. The summed E-state index contributed by atoms with van der Waals surface area (Å²) in [5.74, 6) is 0.962. The molecule has 3 heterocycles. The summed E-state index contributed by atoms with van der Waals surface area (Å²) in [5, 5.41) is 1.44. The van der Waals surface area contributed by atoms with E-state index in [4.69, 9.17) is 11.6 Å². The summed E-state index contributed by atoms with van der Waals surface area (Å²) in [6.07, 6.45) is 1.04. The van der Waals surface area contributed by atoms with E-state index in [1.165, 1.54) is 16.0 Å². The first-order valence-electron chi connectivity index (χ1n) is 6.96. The standard InChI is InChI=1S/C16H14ClN3S/c1-10-8-13-14(18-16(17)19-15(13)21-10)20-7-6-11-4-2-3-5-12(11)9-20/h2-5,8H,6-7,9H2,1H3. The predicted molar refractivity (Wildman–Crippen MR) is 88.4 cm³/mol. The quantitative estimate of drug-likeness (QED) is 0.630. The van der Waals surface area contributed by atoms with Gasteiger partial charge < -0.3 is 4.90 Å². The molecule has 0 saturated heterocycles. The number of hydrogen-bond donors (Lipinski definition) is 0. The Hall–Kier alpha value is -1.65. The van der Waals surface area contributed by atoms with Crippen molar-refractivity contribution in [3.05, 3.63) is 51.6 Å². The van der Waals surface area contributed by atoms with Gasteiger partial charge in [0.1, 0.15) is 10.6 Å². The second-order valence-electron chi connectivity index (χ2n) is 5.33. The molecule has 3 nitrogen and oxygen atoms in total. The molecule has 0 spiro atoms. The Morgan fingerprint density at radius 1 is 1.19 bits per heavy atom. The number of halogens is 1. The minimum absolute atomic E-state index is 0.332. The van der Waals surface area contributed by atoms with Crippen molar-refractivity contribution in [3.8, 4) is 0 Å². The minimum atomic E-state index is 0.332. The average Bonchev–Trinajstić information content (AvgIpc) is 2.86. The first-order valence-corrected chi connectivity index (χ1v) is 8.15. The Morgan fingerprint density at radius 3 is 2.86 bits per heavy atom. The number of thiophene rings is 1. The normalized spacial score (nSPS) is 14.5. The molecule has 1 aromatic carbocycles. The molecule has 0 aliphatic carbocycles. The van der Waals surface area contributed by atoms with Crippen LogP contribution < -0.4 is 4.90 Å². The van der Waals surface area contributed by atoms with Gasteiger partial charge >= 0.3 is 0 Å². The van der Waals surface area contributed by atoms with Crippen LogP contribution in [0.3, 0.4) is 0 Å². The second kappa shape index (κ2) is 4.97. The molecular formula is C16H14ClN3S. The summed E-state index contributed by atoms with van der Waals surface area (Å²) in [6.45, 7) is 3.94. The van der Waals surface area contributed by atoms with Crippen LogP contribution in [0.1, 0.15) is 16.0 Å². The van der Waals surface area contributed by atoms with Gasteiger partial charge in [0.05, 0.1) is 5.39 Å². The van der Waals surface area contributed by atoms with E-state index in [1.54, 1.807) is 11.3 Å². The van der Waals surface area contributed by atoms with Gasteiger partial charge in [0.25, 0.3) is 0 Å². The molecule has 0 radical (unpaired) electrons. The van der Waals surface area contributed by atoms with Crippen LogP contribution in [0.4, 0.5) is 5.82 Å². The first-order chi connectivity index (χ1) is 10.2. The van der Waals surface area contributed by atoms with Gasteiger partial charge in [0.15, 0.2) is 0 Å². The summed E-state index contributed by atoms with van der Waals surface area (Å²) >= 11 is 7.78. The van der Waals surface area contributed by atoms with E-state index in [2.05, 4.69) is 52.1 Å². The fraction of sp³-hybridized carbons (Fsp3) is 0.250. The van der Waals surface area contributed by atoms with E-state index in [0.29, 0.717) is 5.28 Å². The minimum Gasteiger partial charge on any atom is -0.351 e. The smallest absolute Gasteiger partial charge is 0.225 e. The molecule has 5 heteroatoms. The zero-order valence-electron chi connectivity index (χ0n) is 11.6. The molecule has 0 unspecified atom stereocenters. The summed E-state index contributed by atoms with van der Waals surface area (Å²) in [6, 6.07) is 10.8. The van der Waals surface area contributed by atoms with Crippen LogP contribution in [0.5, 0.6) is 0 Å². The Kier molecular flexibility index (Phi) is 3.08. The van der Waals surface area contributed by atoms with E-state index in [9.17, 15) is 0 Å². The highest BCUT2D eigenvalue weighted by molar-refractivity contribution is 7.18. The third kappa shape index (κ3) is 2.28. The molecule has 1 aliphatic heterocycles. The van der Waals surface area contributed by atoms with Crippen LogP contribution in [0, 0.1) is 6.92 Å². The van der Waals surface area contributed by atoms with Crippen LogP contribution in [0.2, 0.25) is 5.28 Å². The zero-order chi connectivity index (χ0) is 14.4. The van der Waals surface area contributed by atoms with Crippen LogP contribution in [-0.2, 0) is 13.0 Å². The number of aromatic nitrogens is 2. The fourth-order valence-electron chi connectivity index (χ4n) is 2.92. The summed E-state index contributed by atoms with van der Waals surface area (Å²) in [7, 11) is 0. The lowest BCUT2D eigenvalue weighted by Crippen LogP contribution is -2.31. The van der Waals surface area contributed by atoms with E-state index >= 15 is 0 Å². The maximum atomic E-state index is 6.11. The van der Waals surface area contributed by atoms with Crippen LogP contribution in [-0.4, -0.2) is 16.5 Å².